The van der Waals surface area contributed by atoms with E-state index in [0.29, 0.717) is 6.54 Å². The molecule has 3 nitrogen and oxygen atoms in total. The van der Waals surface area contributed by atoms with Crippen LogP contribution in [0.2, 0.25) is 0 Å². The lowest BCUT2D eigenvalue weighted by molar-refractivity contribution is 0.278. The maximum absolute atomic E-state index is 8.81. The summed E-state index contributed by atoms with van der Waals surface area (Å²) in [7, 11) is 0. The summed E-state index contributed by atoms with van der Waals surface area (Å²) in [6.45, 7) is 2.79. The van der Waals surface area contributed by atoms with Crippen LogP contribution in [0.15, 0.2) is 30.3 Å². The number of rotatable bonds is 6. The second-order valence-electron chi connectivity index (χ2n) is 3.64. The van der Waals surface area contributed by atoms with E-state index in [2.05, 4.69) is 24.4 Å². The second-order valence-corrected chi connectivity index (χ2v) is 3.64. The summed E-state index contributed by atoms with van der Waals surface area (Å²) in [5.74, 6) is 0. The van der Waals surface area contributed by atoms with Crippen molar-refractivity contribution in [3.8, 4) is 0 Å². The van der Waals surface area contributed by atoms with E-state index in [-0.39, 0.29) is 18.7 Å². The van der Waals surface area contributed by atoms with Crippen LogP contribution in [-0.4, -0.2) is 24.3 Å². The van der Waals surface area contributed by atoms with Gasteiger partial charge in [-0.3, -0.25) is 0 Å². The number of aliphatic hydroxyl groups excluding tert-OH is 1. The summed E-state index contributed by atoms with van der Waals surface area (Å²) < 4.78 is 0. The Morgan fingerprint density at radius 2 is 2.00 bits per heavy atom. The summed E-state index contributed by atoms with van der Waals surface area (Å²) in [4.78, 5) is 0. The summed E-state index contributed by atoms with van der Waals surface area (Å²) in [5.41, 5.74) is 7.23. The van der Waals surface area contributed by atoms with Gasteiger partial charge in [0.2, 0.25) is 0 Å². The van der Waals surface area contributed by atoms with Gasteiger partial charge in [0.25, 0.3) is 0 Å². The number of benzene rings is 1. The number of nitrogens with two attached hydrogens (primary N) is 1. The first kappa shape index (κ1) is 12.2. The van der Waals surface area contributed by atoms with Crippen molar-refractivity contribution in [2.45, 2.75) is 25.4 Å². The van der Waals surface area contributed by atoms with Crippen LogP contribution in [0.5, 0.6) is 0 Å². The van der Waals surface area contributed by atoms with Crippen LogP contribution in [0.1, 0.15) is 24.9 Å². The Labute approximate surface area is 91.3 Å². The molecule has 0 aliphatic carbocycles. The fourth-order valence-corrected chi connectivity index (χ4v) is 1.63. The van der Waals surface area contributed by atoms with Crippen LogP contribution in [0.3, 0.4) is 0 Å². The normalized spacial score (nSPS) is 14.9. The summed E-state index contributed by atoms with van der Waals surface area (Å²) >= 11 is 0. The fraction of sp³-hybridized carbons (Fsp3) is 0.500. The number of hydrogen-bond acceptors (Lipinski definition) is 3. The molecular formula is C12H20N2O. The highest BCUT2D eigenvalue weighted by Gasteiger charge is 2.16. The first-order valence-electron chi connectivity index (χ1n) is 5.44. The molecule has 0 radical (unpaired) electrons. The molecule has 0 aliphatic heterocycles. The molecule has 0 heterocycles. The van der Waals surface area contributed by atoms with Gasteiger partial charge in [0, 0.05) is 18.6 Å². The van der Waals surface area contributed by atoms with Crippen LogP contribution in [0.4, 0.5) is 0 Å². The van der Waals surface area contributed by atoms with E-state index in [1.165, 1.54) is 5.56 Å². The minimum absolute atomic E-state index is 0.0824. The Kier molecular flexibility index (Phi) is 5.32. The van der Waals surface area contributed by atoms with Gasteiger partial charge in [0.15, 0.2) is 0 Å². The molecule has 0 fully saturated rings. The van der Waals surface area contributed by atoms with E-state index in [1.54, 1.807) is 0 Å². The molecule has 0 saturated heterocycles. The van der Waals surface area contributed by atoms with Gasteiger partial charge in [-0.25, -0.2) is 0 Å². The number of hydrogen-bond donors (Lipinski definition) is 3. The van der Waals surface area contributed by atoms with Crippen molar-refractivity contribution >= 4 is 0 Å². The van der Waals surface area contributed by atoms with Gasteiger partial charge in [-0.1, -0.05) is 37.3 Å². The monoisotopic (exact) mass is 208 g/mol. The van der Waals surface area contributed by atoms with Crippen LogP contribution in [0, 0.1) is 0 Å². The standard InChI is InChI=1S/C12H20N2O/c1-2-11(13)12(14-8-9-15)10-6-4-3-5-7-10/h3-7,11-12,14-15H,2,8-9,13H2,1H3/t11-,12+/m0/s1. The third-order valence-electron chi connectivity index (χ3n) is 2.53. The molecule has 1 rings (SSSR count). The van der Waals surface area contributed by atoms with Crippen LogP contribution in [-0.2, 0) is 0 Å². The summed E-state index contributed by atoms with van der Waals surface area (Å²) in [6.07, 6.45) is 0.915. The molecule has 1 aromatic rings. The maximum Gasteiger partial charge on any atom is 0.0556 e. The Bertz CT molecular complexity index is 264. The topological polar surface area (TPSA) is 58.3 Å². The lowest BCUT2D eigenvalue weighted by Gasteiger charge is -2.24. The highest BCUT2D eigenvalue weighted by Crippen LogP contribution is 2.16. The Morgan fingerprint density at radius 1 is 1.33 bits per heavy atom. The average molecular weight is 208 g/mol. The van der Waals surface area contributed by atoms with E-state index in [9.17, 15) is 0 Å². The zero-order valence-corrected chi connectivity index (χ0v) is 9.19. The Hall–Kier alpha value is -0.900. The van der Waals surface area contributed by atoms with Gasteiger partial charge < -0.3 is 16.2 Å². The number of aliphatic hydroxyl groups is 1. The van der Waals surface area contributed by atoms with E-state index >= 15 is 0 Å². The van der Waals surface area contributed by atoms with Gasteiger partial charge in [-0.05, 0) is 12.0 Å². The summed E-state index contributed by atoms with van der Waals surface area (Å²) in [5, 5.41) is 12.1. The van der Waals surface area contributed by atoms with Crippen molar-refractivity contribution < 1.29 is 5.11 Å². The molecule has 0 bridgehead atoms. The average Bonchev–Trinajstić information content (AvgIpc) is 2.30. The van der Waals surface area contributed by atoms with E-state index < -0.39 is 0 Å². The molecule has 0 saturated carbocycles. The van der Waals surface area contributed by atoms with Gasteiger partial charge in [-0.15, -0.1) is 0 Å². The quantitative estimate of drug-likeness (QED) is 0.655. The molecule has 0 unspecified atom stereocenters. The van der Waals surface area contributed by atoms with E-state index in [0.717, 1.165) is 6.42 Å². The Morgan fingerprint density at radius 3 is 2.53 bits per heavy atom. The molecule has 1 aromatic carbocycles. The first-order chi connectivity index (χ1) is 7.29. The fourth-order valence-electron chi connectivity index (χ4n) is 1.63. The van der Waals surface area contributed by atoms with Gasteiger partial charge in [-0.2, -0.15) is 0 Å². The molecule has 0 amide bonds. The zero-order valence-electron chi connectivity index (χ0n) is 9.19. The summed E-state index contributed by atoms with van der Waals surface area (Å²) in [6, 6.07) is 10.3. The molecule has 84 valence electrons. The first-order valence-corrected chi connectivity index (χ1v) is 5.44. The van der Waals surface area contributed by atoms with Crippen LogP contribution >= 0.6 is 0 Å². The predicted octanol–water partition coefficient (Wildman–Crippen LogP) is 1.05. The molecule has 2 atom stereocenters. The molecule has 0 aliphatic rings. The van der Waals surface area contributed by atoms with E-state index in [4.69, 9.17) is 10.8 Å². The SMILES string of the molecule is CC[C@H](N)[C@H](NCCO)c1ccccc1. The third-order valence-corrected chi connectivity index (χ3v) is 2.53. The number of nitrogens with one attached hydrogen (secondary N) is 1. The third kappa shape index (κ3) is 3.63. The van der Waals surface area contributed by atoms with Crippen molar-refractivity contribution in [3.63, 3.8) is 0 Å². The van der Waals surface area contributed by atoms with Gasteiger partial charge >= 0.3 is 0 Å². The van der Waals surface area contributed by atoms with Crippen molar-refractivity contribution in [2.24, 2.45) is 5.73 Å². The molecule has 0 spiro atoms. The highest BCUT2D eigenvalue weighted by molar-refractivity contribution is 5.20. The van der Waals surface area contributed by atoms with Crippen molar-refractivity contribution in [1.29, 1.82) is 0 Å². The van der Waals surface area contributed by atoms with Crippen molar-refractivity contribution in [3.05, 3.63) is 35.9 Å². The molecular weight excluding hydrogens is 188 g/mol. The zero-order chi connectivity index (χ0) is 11.1. The largest absolute Gasteiger partial charge is 0.395 e. The van der Waals surface area contributed by atoms with Crippen molar-refractivity contribution in [2.75, 3.05) is 13.2 Å². The van der Waals surface area contributed by atoms with Crippen molar-refractivity contribution in [1.82, 2.24) is 5.32 Å². The molecule has 3 heteroatoms. The Balaban J connectivity index is 2.72. The molecule has 0 aromatic heterocycles. The smallest absolute Gasteiger partial charge is 0.0556 e. The lowest BCUT2D eigenvalue weighted by Crippen LogP contribution is -2.38. The maximum atomic E-state index is 8.81. The van der Waals surface area contributed by atoms with E-state index in [1.807, 2.05) is 18.2 Å². The minimum atomic E-state index is 0.0824. The molecule has 4 N–H and O–H groups in total. The lowest BCUT2D eigenvalue weighted by atomic mass is 9.98. The minimum Gasteiger partial charge on any atom is -0.395 e. The van der Waals surface area contributed by atoms with Gasteiger partial charge in [0.1, 0.15) is 0 Å². The highest BCUT2D eigenvalue weighted by atomic mass is 16.3. The van der Waals surface area contributed by atoms with Crippen LogP contribution < -0.4 is 11.1 Å². The predicted molar refractivity (Wildman–Crippen MR) is 62.5 cm³/mol. The van der Waals surface area contributed by atoms with Gasteiger partial charge in [0.05, 0.1) is 6.61 Å². The molecule has 15 heavy (non-hydrogen) atoms. The second kappa shape index (κ2) is 6.56. The van der Waals surface area contributed by atoms with Crippen LogP contribution in [0.25, 0.3) is 0 Å².